The molecule has 0 spiro atoms. The summed E-state index contributed by atoms with van der Waals surface area (Å²) in [4.78, 5) is 0. The van der Waals surface area contributed by atoms with E-state index in [2.05, 4.69) is 143 Å². The van der Waals surface area contributed by atoms with Gasteiger partial charge in [0, 0.05) is 47.5 Å². The van der Waals surface area contributed by atoms with Crippen LogP contribution in [0, 0.1) is 13.8 Å². The molecule has 0 saturated carbocycles. The number of para-hydroxylation sites is 2. The molecule has 0 radical (unpaired) electrons. The zero-order valence-corrected chi connectivity index (χ0v) is 22.2. The quantitative estimate of drug-likeness (QED) is 0.229. The van der Waals surface area contributed by atoms with Gasteiger partial charge in [0.15, 0.2) is 11.0 Å². The molecule has 1 aliphatic carbocycles. The molecule has 1 aliphatic rings. The van der Waals surface area contributed by atoms with Gasteiger partial charge in [-0.15, -0.1) is 0 Å². The van der Waals surface area contributed by atoms with E-state index in [0.717, 1.165) is 5.82 Å². The lowest BCUT2D eigenvalue weighted by Gasteiger charge is -2.44. The minimum absolute atomic E-state index is 0.0186. The van der Waals surface area contributed by atoms with Crippen LogP contribution in [-0.4, -0.2) is 9.13 Å². The molecule has 0 bridgehead atoms. The number of aryl methyl sites for hydroxylation is 2. The van der Waals surface area contributed by atoms with Crippen LogP contribution in [0.1, 0.15) is 61.3 Å². The second kappa shape index (κ2) is 7.61. The van der Waals surface area contributed by atoms with Gasteiger partial charge in [0.1, 0.15) is 5.69 Å². The van der Waals surface area contributed by atoms with E-state index in [1.54, 1.807) is 0 Å². The Morgan fingerprint density at radius 1 is 0.639 bits per heavy atom. The van der Waals surface area contributed by atoms with E-state index in [1.807, 2.05) is 0 Å². The van der Waals surface area contributed by atoms with Gasteiger partial charge in [-0.25, -0.2) is 4.57 Å². The molecule has 0 unspecified atom stereocenters. The molecule has 5 aromatic rings. The number of hydrogen-bond donors (Lipinski definition) is 0. The fourth-order valence-electron chi connectivity index (χ4n) is 6.37. The molecule has 0 atom stereocenters. The lowest BCUT2D eigenvalue weighted by molar-refractivity contribution is 0.521. The van der Waals surface area contributed by atoms with Crippen molar-refractivity contribution < 1.29 is 0 Å². The SMILES string of the molecule is [CH2-][c+]1n(C)c2ccccc2n1-c1ccc(-c2ccc3c(c2)C(C)(C)c2ccccc2C3(C)C)cc1C. The molecule has 0 amide bonds. The number of rotatable bonds is 2. The molecule has 4 aromatic carbocycles. The monoisotopic (exact) mass is 470 g/mol. The largest absolute Gasteiger partial charge is 0.294 e. The first-order valence-electron chi connectivity index (χ1n) is 12.8. The maximum atomic E-state index is 4.38. The predicted molar refractivity (Wildman–Crippen MR) is 152 cm³/mol. The molecule has 0 saturated heterocycles. The molecule has 36 heavy (non-hydrogen) atoms. The average molecular weight is 471 g/mol. The highest BCUT2D eigenvalue weighted by molar-refractivity contribution is 5.80. The van der Waals surface area contributed by atoms with Crippen LogP contribution in [0.3, 0.4) is 0 Å². The first-order chi connectivity index (χ1) is 17.1. The zero-order chi connectivity index (χ0) is 25.4. The molecule has 180 valence electrons. The number of nitrogens with zero attached hydrogens (tertiary/aromatic N) is 2. The van der Waals surface area contributed by atoms with Crippen molar-refractivity contribution in [3.63, 3.8) is 0 Å². The van der Waals surface area contributed by atoms with Crippen molar-refractivity contribution in [2.45, 2.75) is 45.4 Å². The number of hydrogen-bond acceptors (Lipinski definition) is 0. The molecule has 0 fully saturated rings. The smallest absolute Gasteiger partial charge is 0.188 e. The Morgan fingerprint density at radius 2 is 1.17 bits per heavy atom. The van der Waals surface area contributed by atoms with Crippen LogP contribution in [-0.2, 0) is 17.9 Å². The molecule has 6 rings (SSSR count). The molecule has 2 nitrogen and oxygen atoms in total. The number of benzene rings is 4. The average Bonchev–Trinajstić information content (AvgIpc) is 3.13. The van der Waals surface area contributed by atoms with Gasteiger partial charge in [-0.05, 0) is 70.6 Å². The fraction of sp³-hybridized carbons (Fsp3) is 0.235. The Morgan fingerprint density at radius 3 is 1.83 bits per heavy atom. The molecular weight excluding hydrogens is 436 g/mol. The molecule has 1 heterocycles. The van der Waals surface area contributed by atoms with E-state index >= 15 is 0 Å². The Bertz CT molecular complexity index is 1660. The number of imidazole rings is 1. The first-order valence-corrected chi connectivity index (χ1v) is 12.8. The Balaban J connectivity index is 1.48. The summed E-state index contributed by atoms with van der Waals surface area (Å²) in [6, 6.07) is 31.4. The third-order valence-corrected chi connectivity index (χ3v) is 8.54. The topological polar surface area (TPSA) is 9.86 Å². The van der Waals surface area contributed by atoms with E-state index in [1.165, 1.54) is 55.7 Å². The van der Waals surface area contributed by atoms with Gasteiger partial charge in [-0.3, -0.25) is 11.5 Å². The molecule has 1 aromatic heterocycles. The van der Waals surface area contributed by atoms with Crippen LogP contribution in [0.15, 0.2) is 84.9 Å². The van der Waals surface area contributed by atoms with Crippen molar-refractivity contribution in [1.29, 1.82) is 0 Å². The minimum atomic E-state index is -0.0476. The van der Waals surface area contributed by atoms with Gasteiger partial charge < -0.3 is 0 Å². The Kier molecular flexibility index (Phi) is 4.79. The van der Waals surface area contributed by atoms with Gasteiger partial charge in [-0.1, -0.05) is 64.1 Å². The highest BCUT2D eigenvalue weighted by atomic mass is 15.2. The Hall–Kier alpha value is -3.78. The van der Waals surface area contributed by atoms with Crippen molar-refractivity contribution in [1.82, 2.24) is 9.13 Å². The number of aromatic nitrogens is 2. The van der Waals surface area contributed by atoms with E-state index in [-0.39, 0.29) is 10.8 Å². The molecule has 0 N–H and O–H groups in total. The maximum absolute atomic E-state index is 4.38. The highest BCUT2D eigenvalue weighted by Crippen LogP contribution is 2.50. The molecular formula is C34H34N2. The summed E-state index contributed by atoms with van der Waals surface area (Å²) in [6.45, 7) is 16.0. The highest BCUT2D eigenvalue weighted by Gasteiger charge is 2.41. The summed E-state index contributed by atoms with van der Waals surface area (Å²) in [6.07, 6.45) is 0. The Labute approximate surface area is 214 Å². The summed E-state index contributed by atoms with van der Waals surface area (Å²) >= 11 is 0. The summed E-state index contributed by atoms with van der Waals surface area (Å²) in [5.41, 5.74) is 12.9. The van der Waals surface area contributed by atoms with Gasteiger partial charge in [0.2, 0.25) is 0 Å². The number of fused-ring (bicyclic) bond motifs is 3. The van der Waals surface area contributed by atoms with Crippen LogP contribution in [0.4, 0.5) is 0 Å². The third kappa shape index (κ3) is 3.03. The lowest BCUT2D eigenvalue weighted by atomic mass is 9.60. The second-order valence-electron chi connectivity index (χ2n) is 11.4. The summed E-state index contributed by atoms with van der Waals surface area (Å²) in [5.74, 6) is 0.975. The van der Waals surface area contributed by atoms with Gasteiger partial charge in [0.25, 0.3) is 0 Å². The fourth-order valence-corrected chi connectivity index (χ4v) is 6.37. The van der Waals surface area contributed by atoms with Crippen molar-refractivity contribution in [2.75, 3.05) is 0 Å². The third-order valence-electron chi connectivity index (χ3n) is 8.54. The first kappa shape index (κ1) is 22.7. The van der Waals surface area contributed by atoms with Crippen LogP contribution < -0.4 is 0 Å². The van der Waals surface area contributed by atoms with E-state index in [0.29, 0.717) is 0 Å². The van der Waals surface area contributed by atoms with Crippen molar-refractivity contribution in [3.05, 3.63) is 125 Å². The van der Waals surface area contributed by atoms with Crippen molar-refractivity contribution >= 4 is 11.0 Å². The van der Waals surface area contributed by atoms with Crippen molar-refractivity contribution in [2.24, 2.45) is 7.05 Å². The van der Waals surface area contributed by atoms with Crippen molar-refractivity contribution in [3.8, 4) is 16.8 Å². The summed E-state index contributed by atoms with van der Waals surface area (Å²) in [7, 11) is 2.08. The molecule has 0 aliphatic heterocycles. The predicted octanol–water partition coefficient (Wildman–Crippen LogP) is 8.37. The van der Waals surface area contributed by atoms with Crippen LogP contribution >= 0.6 is 0 Å². The summed E-state index contributed by atoms with van der Waals surface area (Å²) < 4.78 is 4.43. The van der Waals surface area contributed by atoms with Crippen LogP contribution in [0.5, 0.6) is 0 Å². The summed E-state index contributed by atoms with van der Waals surface area (Å²) in [5, 5.41) is 0. The lowest BCUT2D eigenvalue weighted by Crippen LogP contribution is -2.36. The van der Waals surface area contributed by atoms with E-state index in [9.17, 15) is 0 Å². The van der Waals surface area contributed by atoms with E-state index in [4.69, 9.17) is 0 Å². The van der Waals surface area contributed by atoms with E-state index < -0.39 is 0 Å². The van der Waals surface area contributed by atoms with Gasteiger partial charge >= 0.3 is 0 Å². The minimum Gasteiger partial charge on any atom is -0.294 e. The molecule has 2 heteroatoms. The normalized spacial score (nSPS) is 15.5. The van der Waals surface area contributed by atoms with Gasteiger partial charge in [0.05, 0.1) is 0 Å². The van der Waals surface area contributed by atoms with Crippen LogP contribution in [0.2, 0.25) is 0 Å². The standard InChI is InChI=1S/C34H34N2/c1-22-20-24(17-19-30(22)36-23(2)35(7)31-14-10-11-15-32(31)36)25-16-18-28-29(21-25)34(5,6)27-13-9-8-12-26(27)33(28,3)4/h8-21H,2H2,1,3-7H3. The second-order valence-corrected chi connectivity index (χ2v) is 11.4. The van der Waals surface area contributed by atoms with Gasteiger partial charge in [-0.2, -0.15) is 0 Å². The van der Waals surface area contributed by atoms with Crippen LogP contribution in [0.25, 0.3) is 27.8 Å². The maximum Gasteiger partial charge on any atom is 0.188 e. The zero-order valence-electron chi connectivity index (χ0n) is 22.2.